The predicted octanol–water partition coefficient (Wildman–Crippen LogP) is 2.00. The topological polar surface area (TPSA) is 58.4 Å². The zero-order valence-corrected chi connectivity index (χ0v) is 12.5. The van der Waals surface area contributed by atoms with E-state index in [1.165, 1.54) is 6.07 Å². The van der Waals surface area contributed by atoms with Gasteiger partial charge in [0.2, 0.25) is 5.91 Å². The van der Waals surface area contributed by atoms with Crippen molar-refractivity contribution in [3.8, 4) is 0 Å². The minimum absolute atomic E-state index is 0. The standard InChI is InChI=1S/C14H19F2N3O.ClH/c15-12-4-3-11(6-13(12)16)18-14(20)9-19-5-1-2-10(7-17)8-19;/h3-4,6,10H,1-2,5,7-9,17H2,(H,18,20);1H. The Kier molecular flexibility index (Phi) is 7.01. The molecule has 1 unspecified atom stereocenters. The van der Waals surface area contributed by atoms with E-state index in [1.54, 1.807) is 0 Å². The van der Waals surface area contributed by atoms with Gasteiger partial charge in [-0.2, -0.15) is 0 Å². The summed E-state index contributed by atoms with van der Waals surface area (Å²) >= 11 is 0. The Labute approximate surface area is 129 Å². The molecule has 1 fully saturated rings. The van der Waals surface area contributed by atoms with Crippen LogP contribution in [-0.2, 0) is 4.79 Å². The van der Waals surface area contributed by atoms with Gasteiger partial charge in [0.15, 0.2) is 11.6 Å². The number of likely N-dealkylation sites (tertiary alicyclic amines) is 1. The average molecular weight is 320 g/mol. The number of benzene rings is 1. The first-order chi connectivity index (χ1) is 9.58. The van der Waals surface area contributed by atoms with Crippen LogP contribution < -0.4 is 11.1 Å². The first kappa shape index (κ1) is 17.8. The largest absolute Gasteiger partial charge is 0.330 e. The maximum absolute atomic E-state index is 13.0. The van der Waals surface area contributed by atoms with E-state index in [9.17, 15) is 13.6 Å². The van der Waals surface area contributed by atoms with Crippen LogP contribution in [0.2, 0.25) is 0 Å². The second-order valence-corrected chi connectivity index (χ2v) is 5.16. The molecule has 0 saturated carbocycles. The Morgan fingerprint density at radius 3 is 2.81 bits per heavy atom. The van der Waals surface area contributed by atoms with E-state index in [0.717, 1.165) is 38.1 Å². The third-order valence-electron chi connectivity index (χ3n) is 3.51. The Morgan fingerprint density at radius 1 is 1.38 bits per heavy atom. The fraction of sp³-hybridized carbons (Fsp3) is 0.500. The molecule has 1 atom stereocenters. The Bertz CT molecular complexity index is 487. The van der Waals surface area contributed by atoms with Crippen LogP contribution in [0.15, 0.2) is 18.2 Å². The summed E-state index contributed by atoms with van der Waals surface area (Å²) in [4.78, 5) is 13.9. The fourth-order valence-electron chi connectivity index (χ4n) is 2.46. The summed E-state index contributed by atoms with van der Waals surface area (Å²) in [6.45, 7) is 2.54. The molecule has 2 rings (SSSR count). The molecule has 0 aromatic heterocycles. The van der Waals surface area contributed by atoms with E-state index in [4.69, 9.17) is 5.73 Å². The third kappa shape index (κ3) is 5.22. The Balaban J connectivity index is 0.00000220. The van der Waals surface area contributed by atoms with Gasteiger partial charge in [0.1, 0.15) is 0 Å². The van der Waals surface area contributed by atoms with Crippen LogP contribution in [0, 0.1) is 17.6 Å². The van der Waals surface area contributed by atoms with Crippen molar-refractivity contribution in [2.45, 2.75) is 12.8 Å². The average Bonchev–Trinajstić information content (AvgIpc) is 2.43. The van der Waals surface area contributed by atoms with E-state index in [2.05, 4.69) is 5.32 Å². The highest BCUT2D eigenvalue weighted by Gasteiger charge is 2.20. The maximum Gasteiger partial charge on any atom is 0.238 e. The van der Waals surface area contributed by atoms with Crippen molar-refractivity contribution in [2.24, 2.45) is 11.7 Å². The molecule has 3 N–H and O–H groups in total. The minimum Gasteiger partial charge on any atom is -0.330 e. The number of carbonyl (C=O) groups excluding carboxylic acids is 1. The highest BCUT2D eigenvalue weighted by molar-refractivity contribution is 5.92. The molecule has 0 bridgehead atoms. The Morgan fingerprint density at radius 2 is 2.14 bits per heavy atom. The van der Waals surface area contributed by atoms with Crippen LogP contribution in [0.25, 0.3) is 0 Å². The van der Waals surface area contributed by atoms with Gasteiger partial charge < -0.3 is 11.1 Å². The number of nitrogens with two attached hydrogens (primary N) is 1. The van der Waals surface area contributed by atoms with Crippen molar-refractivity contribution >= 4 is 24.0 Å². The van der Waals surface area contributed by atoms with E-state index in [1.807, 2.05) is 4.90 Å². The zero-order chi connectivity index (χ0) is 14.5. The molecule has 1 aliphatic rings. The van der Waals surface area contributed by atoms with Gasteiger partial charge in [0, 0.05) is 18.3 Å². The molecule has 1 saturated heterocycles. The van der Waals surface area contributed by atoms with Gasteiger partial charge in [-0.15, -0.1) is 12.4 Å². The SMILES string of the molecule is Cl.NCC1CCCN(CC(=O)Nc2ccc(F)c(F)c2)C1. The summed E-state index contributed by atoms with van der Waals surface area (Å²) in [5.41, 5.74) is 5.91. The molecule has 1 aromatic rings. The normalized spacial score (nSPS) is 18.9. The van der Waals surface area contributed by atoms with Crippen LogP contribution in [0.4, 0.5) is 14.5 Å². The van der Waals surface area contributed by atoms with Crippen molar-refractivity contribution in [1.29, 1.82) is 0 Å². The van der Waals surface area contributed by atoms with E-state index in [0.29, 0.717) is 12.5 Å². The minimum atomic E-state index is -0.969. The van der Waals surface area contributed by atoms with Crippen LogP contribution in [0.1, 0.15) is 12.8 Å². The van der Waals surface area contributed by atoms with Crippen LogP contribution in [-0.4, -0.2) is 37.0 Å². The number of carbonyl (C=O) groups is 1. The highest BCUT2D eigenvalue weighted by Crippen LogP contribution is 2.16. The lowest BCUT2D eigenvalue weighted by molar-refractivity contribution is -0.117. The number of rotatable bonds is 4. The summed E-state index contributed by atoms with van der Waals surface area (Å²) in [6.07, 6.45) is 2.12. The predicted molar refractivity (Wildman–Crippen MR) is 80.5 cm³/mol. The van der Waals surface area contributed by atoms with E-state index < -0.39 is 11.6 Å². The van der Waals surface area contributed by atoms with Crippen LogP contribution >= 0.6 is 12.4 Å². The van der Waals surface area contributed by atoms with Gasteiger partial charge in [0.25, 0.3) is 0 Å². The van der Waals surface area contributed by atoms with Gasteiger partial charge in [-0.3, -0.25) is 9.69 Å². The second kappa shape index (κ2) is 8.26. The number of nitrogens with zero attached hydrogens (tertiary/aromatic N) is 1. The van der Waals surface area contributed by atoms with Crippen molar-refractivity contribution in [2.75, 3.05) is 31.5 Å². The molecule has 4 nitrogen and oxygen atoms in total. The number of hydrogen-bond acceptors (Lipinski definition) is 3. The highest BCUT2D eigenvalue weighted by atomic mass is 35.5. The number of hydrogen-bond donors (Lipinski definition) is 2. The fourth-order valence-corrected chi connectivity index (χ4v) is 2.46. The summed E-state index contributed by atoms with van der Waals surface area (Å²) in [7, 11) is 0. The summed E-state index contributed by atoms with van der Waals surface area (Å²) < 4.78 is 25.8. The van der Waals surface area contributed by atoms with Gasteiger partial charge in [0.05, 0.1) is 6.54 Å². The summed E-state index contributed by atoms with van der Waals surface area (Å²) in [5, 5.41) is 2.57. The van der Waals surface area contributed by atoms with Crippen LogP contribution in [0.5, 0.6) is 0 Å². The Hall–Kier alpha value is -1.24. The number of halogens is 3. The van der Waals surface area contributed by atoms with Crippen molar-refractivity contribution in [1.82, 2.24) is 4.90 Å². The van der Waals surface area contributed by atoms with Crippen LogP contribution in [0.3, 0.4) is 0 Å². The van der Waals surface area contributed by atoms with E-state index >= 15 is 0 Å². The van der Waals surface area contributed by atoms with E-state index in [-0.39, 0.29) is 30.5 Å². The number of nitrogens with one attached hydrogen (secondary N) is 1. The first-order valence-corrected chi connectivity index (χ1v) is 6.76. The van der Waals surface area contributed by atoms with Gasteiger partial charge in [-0.1, -0.05) is 0 Å². The second-order valence-electron chi connectivity index (χ2n) is 5.16. The monoisotopic (exact) mass is 319 g/mol. The molecule has 0 spiro atoms. The molecule has 0 aliphatic carbocycles. The van der Waals surface area contributed by atoms with Crippen molar-refractivity contribution in [3.63, 3.8) is 0 Å². The third-order valence-corrected chi connectivity index (χ3v) is 3.51. The number of piperidine rings is 1. The lowest BCUT2D eigenvalue weighted by atomic mass is 9.98. The smallest absolute Gasteiger partial charge is 0.238 e. The maximum atomic E-state index is 13.0. The molecule has 118 valence electrons. The molecule has 1 aliphatic heterocycles. The molecular weight excluding hydrogens is 300 g/mol. The molecule has 1 aromatic carbocycles. The molecule has 1 heterocycles. The molecular formula is C14H20ClF2N3O. The number of anilines is 1. The van der Waals surface area contributed by atoms with Crippen molar-refractivity contribution < 1.29 is 13.6 Å². The van der Waals surface area contributed by atoms with Gasteiger partial charge >= 0.3 is 0 Å². The lowest BCUT2D eigenvalue weighted by Gasteiger charge is -2.31. The van der Waals surface area contributed by atoms with Gasteiger partial charge in [-0.05, 0) is 44.0 Å². The molecule has 21 heavy (non-hydrogen) atoms. The number of amides is 1. The summed E-state index contributed by atoms with van der Waals surface area (Å²) in [5.74, 6) is -1.69. The molecule has 1 amide bonds. The summed E-state index contributed by atoms with van der Waals surface area (Å²) in [6, 6.07) is 3.32. The van der Waals surface area contributed by atoms with Gasteiger partial charge in [-0.25, -0.2) is 8.78 Å². The first-order valence-electron chi connectivity index (χ1n) is 6.76. The van der Waals surface area contributed by atoms with Crippen molar-refractivity contribution in [3.05, 3.63) is 29.8 Å². The zero-order valence-electron chi connectivity index (χ0n) is 11.6. The molecule has 7 heteroatoms. The lowest BCUT2D eigenvalue weighted by Crippen LogP contribution is -2.42. The quantitative estimate of drug-likeness (QED) is 0.892. The molecule has 0 radical (unpaired) electrons.